The lowest BCUT2D eigenvalue weighted by atomic mass is 10.00. The number of carbonyl (C=O) groups is 1. The largest absolute Gasteiger partial charge is 0.381 e. The molecule has 0 saturated carbocycles. The normalized spacial score (nSPS) is 23.5. The predicted molar refractivity (Wildman–Crippen MR) is 59.9 cm³/mol. The van der Waals surface area contributed by atoms with Crippen molar-refractivity contribution in [2.24, 2.45) is 0 Å². The molecule has 1 aromatic heterocycles. The van der Waals surface area contributed by atoms with Crippen molar-refractivity contribution in [2.45, 2.75) is 24.9 Å². The summed E-state index contributed by atoms with van der Waals surface area (Å²) in [5, 5.41) is 7.75. The molecule has 17 heavy (non-hydrogen) atoms. The van der Waals surface area contributed by atoms with E-state index < -0.39 is 0 Å². The number of rotatable bonds is 3. The summed E-state index contributed by atoms with van der Waals surface area (Å²) in [6.45, 7) is 3.77. The molecule has 0 spiro atoms. The minimum atomic E-state index is 0.374. The Balaban J connectivity index is 1.55. The quantitative estimate of drug-likeness (QED) is 0.698. The van der Waals surface area contributed by atoms with Gasteiger partial charge in [-0.25, -0.2) is 4.68 Å². The van der Waals surface area contributed by atoms with Crippen LogP contribution in [-0.2, 0) is 4.74 Å². The maximum atomic E-state index is 10.5. The highest BCUT2D eigenvalue weighted by molar-refractivity contribution is 5.70. The van der Waals surface area contributed by atoms with Crippen molar-refractivity contribution in [2.75, 3.05) is 26.3 Å². The lowest BCUT2D eigenvalue weighted by Gasteiger charge is -2.45. The zero-order chi connectivity index (χ0) is 11.7. The number of aldehydes is 1. The van der Waals surface area contributed by atoms with Gasteiger partial charge >= 0.3 is 0 Å². The van der Waals surface area contributed by atoms with Gasteiger partial charge in [-0.05, 0) is 12.8 Å². The Bertz CT molecular complexity index is 394. The molecule has 0 aliphatic carbocycles. The molecule has 0 N–H and O–H groups in total. The summed E-state index contributed by atoms with van der Waals surface area (Å²) in [5.41, 5.74) is 0.412. The molecule has 2 saturated heterocycles. The number of ether oxygens (including phenoxy) is 1. The van der Waals surface area contributed by atoms with E-state index in [4.69, 9.17) is 4.74 Å². The van der Waals surface area contributed by atoms with Crippen LogP contribution in [0.3, 0.4) is 0 Å². The number of aromatic nitrogens is 3. The molecule has 0 unspecified atom stereocenters. The van der Waals surface area contributed by atoms with E-state index in [1.165, 1.54) is 0 Å². The molecule has 0 atom stereocenters. The Kier molecular flexibility index (Phi) is 2.90. The summed E-state index contributed by atoms with van der Waals surface area (Å²) in [6.07, 6.45) is 4.71. The van der Waals surface area contributed by atoms with Crippen LogP contribution < -0.4 is 0 Å². The second-order valence-electron chi connectivity index (χ2n) is 4.69. The number of likely N-dealkylation sites (tertiary alicyclic amines) is 1. The van der Waals surface area contributed by atoms with E-state index in [9.17, 15) is 4.79 Å². The lowest BCUT2D eigenvalue weighted by Crippen LogP contribution is -2.54. The second-order valence-corrected chi connectivity index (χ2v) is 4.69. The summed E-state index contributed by atoms with van der Waals surface area (Å²) < 4.78 is 7.16. The lowest BCUT2D eigenvalue weighted by molar-refractivity contribution is -0.0142. The summed E-state index contributed by atoms with van der Waals surface area (Å²) in [5.74, 6) is 0. The highest BCUT2D eigenvalue weighted by Crippen LogP contribution is 2.26. The first kappa shape index (κ1) is 10.9. The molecule has 2 fully saturated rings. The van der Waals surface area contributed by atoms with Gasteiger partial charge in [-0.15, -0.1) is 5.10 Å². The van der Waals surface area contributed by atoms with Crippen LogP contribution in [0.15, 0.2) is 6.20 Å². The fourth-order valence-electron chi connectivity index (χ4n) is 2.53. The van der Waals surface area contributed by atoms with Crippen molar-refractivity contribution < 1.29 is 9.53 Å². The zero-order valence-corrected chi connectivity index (χ0v) is 9.66. The minimum Gasteiger partial charge on any atom is -0.381 e. The van der Waals surface area contributed by atoms with Crippen LogP contribution in [0, 0.1) is 0 Å². The van der Waals surface area contributed by atoms with E-state index in [1.807, 2.05) is 0 Å². The third kappa shape index (κ3) is 2.10. The molecule has 0 aromatic carbocycles. The Morgan fingerprint density at radius 3 is 2.71 bits per heavy atom. The Hall–Kier alpha value is -1.27. The van der Waals surface area contributed by atoms with Crippen LogP contribution in [0.25, 0.3) is 0 Å². The van der Waals surface area contributed by atoms with Gasteiger partial charge in [-0.1, -0.05) is 5.21 Å². The van der Waals surface area contributed by atoms with Gasteiger partial charge in [0.1, 0.15) is 5.69 Å². The number of hydrogen-bond donors (Lipinski definition) is 0. The average molecular weight is 236 g/mol. The van der Waals surface area contributed by atoms with E-state index in [0.29, 0.717) is 17.8 Å². The van der Waals surface area contributed by atoms with Gasteiger partial charge in [0.25, 0.3) is 0 Å². The smallest absolute Gasteiger partial charge is 0.171 e. The van der Waals surface area contributed by atoms with Crippen molar-refractivity contribution >= 4 is 6.29 Å². The van der Waals surface area contributed by atoms with Gasteiger partial charge in [-0.3, -0.25) is 9.69 Å². The standard InChI is InChI=1S/C11H16N4O2/c16-8-9-5-15(13-12-9)11-6-14(7-11)10-1-3-17-4-2-10/h5,8,10-11H,1-4,6-7H2. The summed E-state index contributed by atoms with van der Waals surface area (Å²) in [4.78, 5) is 13.0. The van der Waals surface area contributed by atoms with Gasteiger partial charge in [0.05, 0.1) is 12.2 Å². The Morgan fingerprint density at radius 1 is 1.29 bits per heavy atom. The molecule has 0 radical (unpaired) electrons. The van der Waals surface area contributed by atoms with Crippen molar-refractivity contribution in [1.82, 2.24) is 19.9 Å². The average Bonchev–Trinajstić information content (AvgIpc) is 2.77. The van der Waals surface area contributed by atoms with Crippen molar-refractivity contribution in [1.29, 1.82) is 0 Å². The van der Waals surface area contributed by atoms with Crippen LogP contribution in [0.1, 0.15) is 29.4 Å². The van der Waals surface area contributed by atoms with Gasteiger partial charge in [0, 0.05) is 32.3 Å². The van der Waals surface area contributed by atoms with Gasteiger partial charge in [0.2, 0.25) is 0 Å². The van der Waals surface area contributed by atoms with E-state index >= 15 is 0 Å². The molecule has 2 aliphatic rings. The van der Waals surface area contributed by atoms with Gasteiger partial charge in [-0.2, -0.15) is 0 Å². The minimum absolute atomic E-state index is 0.374. The number of carbonyl (C=O) groups excluding carboxylic acids is 1. The number of hydrogen-bond acceptors (Lipinski definition) is 5. The van der Waals surface area contributed by atoms with E-state index in [2.05, 4.69) is 15.2 Å². The van der Waals surface area contributed by atoms with Crippen LogP contribution in [0.2, 0.25) is 0 Å². The van der Waals surface area contributed by atoms with Crippen LogP contribution in [0.5, 0.6) is 0 Å². The zero-order valence-electron chi connectivity index (χ0n) is 9.66. The first-order valence-corrected chi connectivity index (χ1v) is 6.05. The molecule has 1 aromatic rings. The molecule has 6 heteroatoms. The van der Waals surface area contributed by atoms with Crippen molar-refractivity contribution in [3.63, 3.8) is 0 Å². The van der Waals surface area contributed by atoms with E-state index in [1.54, 1.807) is 10.9 Å². The summed E-state index contributed by atoms with van der Waals surface area (Å²) in [7, 11) is 0. The monoisotopic (exact) mass is 236 g/mol. The van der Waals surface area contributed by atoms with E-state index in [-0.39, 0.29) is 0 Å². The maximum absolute atomic E-state index is 10.5. The first-order valence-electron chi connectivity index (χ1n) is 6.05. The summed E-state index contributed by atoms with van der Waals surface area (Å²) >= 11 is 0. The molecule has 6 nitrogen and oxygen atoms in total. The van der Waals surface area contributed by atoms with Crippen molar-refractivity contribution in [3.8, 4) is 0 Å². The fourth-order valence-corrected chi connectivity index (χ4v) is 2.53. The highest BCUT2D eigenvalue weighted by atomic mass is 16.5. The molecular formula is C11H16N4O2. The third-order valence-electron chi connectivity index (χ3n) is 3.62. The molecule has 0 bridgehead atoms. The van der Waals surface area contributed by atoms with Crippen LogP contribution >= 0.6 is 0 Å². The molecule has 92 valence electrons. The highest BCUT2D eigenvalue weighted by Gasteiger charge is 2.34. The molecule has 0 amide bonds. The second kappa shape index (κ2) is 4.54. The first-order chi connectivity index (χ1) is 8.36. The van der Waals surface area contributed by atoms with Crippen LogP contribution in [-0.4, -0.2) is 58.5 Å². The van der Waals surface area contributed by atoms with Gasteiger partial charge < -0.3 is 4.74 Å². The van der Waals surface area contributed by atoms with Crippen molar-refractivity contribution in [3.05, 3.63) is 11.9 Å². The topological polar surface area (TPSA) is 60.2 Å². The van der Waals surface area contributed by atoms with Crippen LogP contribution in [0.4, 0.5) is 0 Å². The maximum Gasteiger partial charge on any atom is 0.171 e. The fraction of sp³-hybridized carbons (Fsp3) is 0.727. The molecule has 3 heterocycles. The predicted octanol–water partition coefficient (Wildman–Crippen LogP) is 0.126. The molecule has 3 rings (SSSR count). The number of nitrogens with zero attached hydrogens (tertiary/aromatic N) is 4. The Morgan fingerprint density at radius 2 is 2.06 bits per heavy atom. The van der Waals surface area contributed by atoms with Gasteiger partial charge in [0.15, 0.2) is 6.29 Å². The molecule has 2 aliphatic heterocycles. The third-order valence-corrected chi connectivity index (χ3v) is 3.62. The van der Waals surface area contributed by atoms with E-state index in [0.717, 1.165) is 45.4 Å². The SMILES string of the molecule is O=Cc1cn(C2CN(C3CCOCC3)C2)nn1. The Labute approximate surface area is 99.5 Å². The summed E-state index contributed by atoms with van der Waals surface area (Å²) in [6, 6.07) is 1.04. The molecular weight excluding hydrogens is 220 g/mol.